The average Bonchev–Trinajstić information content (AvgIpc) is 2.50. The predicted molar refractivity (Wildman–Crippen MR) is 82.7 cm³/mol. The van der Waals surface area contributed by atoms with Crippen LogP contribution >= 0.6 is 0 Å². The van der Waals surface area contributed by atoms with Gasteiger partial charge in [0.05, 0.1) is 23.6 Å². The zero-order valence-corrected chi connectivity index (χ0v) is 12.4. The molecule has 0 spiro atoms. The van der Waals surface area contributed by atoms with Gasteiger partial charge < -0.3 is 4.90 Å². The average molecular weight is 281 g/mol. The minimum atomic E-state index is -0.0300. The number of hydrogen-bond acceptors (Lipinski definition) is 3. The van der Waals surface area contributed by atoms with Crippen LogP contribution in [0.2, 0.25) is 0 Å². The van der Waals surface area contributed by atoms with Gasteiger partial charge in [-0.2, -0.15) is 5.26 Å². The third-order valence-electron chi connectivity index (χ3n) is 3.25. The van der Waals surface area contributed by atoms with Crippen molar-refractivity contribution >= 4 is 16.8 Å². The van der Waals surface area contributed by atoms with E-state index < -0.39 is 0 Å². The predicted octanol–water partition coefficient (Wildman–Crippen LogP) is 3.25. The maximum atomic E-state index is 12.8. The Bertz CT molecular complexity index is 668. The standard InChI is InChI=1S/C17H19N3O/c1-13(2)12-20(11-5-9-18)17(21)15-8-10-19-16-7-4-3-6-14(15)16/h3-4,6-8,10,13H,5,11-12H2,1-2H3. The lowest BCUT2D eigenvalue weighted by molar-refractivity contribution is 0.0742. The highest BCUT2D eigenvalue weighted by Gasteiger charge is 2.18. The molecule has 21 heavy (non-hydrogen) atoms. The number of carbonyl (C=O) groups excluding carboxylic acids is 1. The number of rotatable bonds is 5. The van der Waals surface area contributed by atoms with E-state index in [9.17, 15) is 4.79 Å². The molecule has 0 aliphatic rings. The smallest absolute Gasteiger partial charge is 0.254 e. The van der Waals surface area contributed by atoms with Crippen molar-refractivity contribution in [2.45, 2.75) is 20.3 Å². The van der Waals surface area contributed by atoms with Gasteiger partial charge in [-0.15, -0.1) is 0 Å². The Morgan fingerprint density at radius 1 is 1.33 bits per heavy atom. The molecule has 0 atom stereocenters. The molecule has 0 aliphatic heterocycles. The van der Waals surface area contributed by atoms with E-state index >= 15 is 0 Å². The number of para-hydroxylation sites is 1. The SMILES string of the molecule is CC(C)CN(CCC#N)C(=O)c1ccnc2ccccc12. The third-order valence-corrected chi connectivity index (χ3v) is 3.25. The van der Waals surface area contributed by atoms with Gasteiger partial charge >= 0.3 is 0 Å². The van der Waals surface area contributed by atoms with Gasteiger partial charge in [0.1, 0.15) is 0 Å². The molecule has 2 rings (SSSR count). The van der Waals surface area contributed by atoms with Gasteiger partial charge in [0.2, 0.25) is 0 Å². The molecule has 0 bridgehead atoms. The van der Waals surface area contributed by atoms with Crippen LogP contribution in [0.25, 0.3) is 10.9 Å². The molecule has 0 N–H and O–H groups in total. The summed E-state index contributed by atoms with van der Waals surface area (Å²) in [5.74, 6) is 0.332. The summed E-state index contributed by atoms with van der Waals surface area (Å²) in [5, 5.41) is 9.63. The summed E-state index contributed by atoms with van der Waals surface area (Å²) in [6.45, 7) is 5.25. The number of nitrogens with zero attached hydrogens (tertiary/aromatic N) is 3. The van der Waals surface area contributed by atoms with E-state index in [0.29, 0.717) is 31.0 Å². The molecule has 0 fully saturated rings. The molecule has 0 aliphatic carbocycles. The zero-order valence-electron chi connectivity index (χ0n) is 12.4. The number of hydrogen-bond donors (Lipinski definition) is 0. The third kappa shape index (κ3) is 3.57. The largest absolute Gasteiger partial charge is 0.337 e. The second-order valence-electron chi connectivity index (χ2n) is 5.43. The highest BCUT2D eigenvalue weighted by molar-refractivity contribution is 6.05. The molecule has 1 aromatic carbocycles. The van der Waals surface area contributed by atoms with E-state index in [1.165, 1.54) is 0 Å². The number of nitriles is 1. The van der Waals surface area contributed by atoms with Crippen LogP contribution in [-0.2, 0) is 0 Å². The van der Waals surface area contributed by atoms with Gasteiger partial charge in [0.15, 0.2) is 0 Å². The zero-order chi connectivity index (χ0) is 15.2. The van der Waals surface area contributed by atoms with Crippen molar-refractivity contribution in [3.8, 4) is 6.07 Å². The van der Waals surface area contributed by atoms with Crippen molar-refractivity contribution in [2.75, 3.05) is 13.1 Å². The Labute approximate surface area is 125 Å². The van der Waals surface area contributed by atoms with Gasteiger partial charge in [-0.3, -0.25) is 9.78 Å². The Kier molecular flexibility index (Phi) is 4.89. The van der Waals surface area contributed by atoms with Crippen LogP contribution < -0.4 is 0 Å². The quantitative estimate of drug-likeness (QED) is 0.845. The van der Waals surface area contributed by atoms with Gasteiger partial charge in [-0.05, 0) is 18.1 Å². The van der Waals surface area contributed by atoms with Crippen molar-refractivity contribution in [1.82, 2.24) is 9.88 Å². The van der Waals surface area contributed by atoms with E-state index in [0.717, 1.165) is 10.9 Å². The maximum absolute atomic E-state index is 12.8. The highest BCUT2D eigenvalue weighted by atomic mass is 16.2. The second kappa shape index (κ2) is 6.85. The summed E-state index contributed by atoms with van der Waals surface area (Å²) in [4.78, 5) is 18.8. The van der Waals surface area contributed by atoms with Crippen LogP contribution in [0.4, 0.5) is 0 Å². The van der Waals surface area contributed by atoms with Gasteiger partial charge in [-0.25, -0.2) is 0 Å². The van der Waals surface area contributed by atoms with Crippen LogP contribution in [0.3, 0.4) is 0 Å². The first-order valence-corrected chi connectivity index (χ1v) is 7.13. The lowest BCUT2D eigenvalue weighted by Gasteiger charge is -2.24. The molecule has 1 amide bonds. The Morgan fingerprint density at radius 2 is 2.10 bits per heavy atom. The normalized spacial score (nSPS) is 10.6. The first-order valence-electron chi connectivity index (χ1n) is 7.13. The second-order valence-corrected chi connectivity index (χ2v) is 5.43. The van der Waals surface area contributed by atoms with E-state index in [2.05, 4.69) is 24.9 Å². The number of amides is 1. The van der Waals surface area contributed by atoms with Crippen molar-refractivity contribution in [3.05, 3.63) is 42.1 Å². The van der Waals surface area contributed by atoms with Gasteiger partial charge in [-0.1, -0.05) is 32.0 Å². The summed E-state index contributed by atoms with van der Waals surface area (Å²) >= 11 is 0. The summed E-state index contributed by atoms with van der Waals surface area (Å²) < 4.78 is 0. The van der Waals surface area contributed by atoms with Crippen molar-refractivity contribution < 1.29 is 4.79 Å². The molecule has 0 saturated carbocycles. The van der Waals surface area contributed by atoms with Gasteiger partial charge in [0.25, 0.3) is 5.91 Å². The minimum Gasteiger partial charge on any atom is -0.337 e. The minimum absolute atomic E-state index is 0.0300. The summed E-state index contributed by atoms with van der Waals surface area (Å²) in [5.41, 5.74) is 1.47. The fourth-order valence-corrected chi connectivity index (χ4v) is 2.35. The molecule has 0 radical (unpaired) electrons. The maximum Gasteiger partial charge on any atom is 0.254 e. The molecule has 0 unspecified atom stereocenters. The number of pyridine rings is 1. The monoisotopic (exact) mass is 281 g/mol. The fourth-order valence-electron chi connectivity index (χ4n) is 2.35. The van der Waals surface area contributed by atoms with Crippen LogP contribution in [-0.4, -0.2) is 28.9 Å². The first-order chi connectivity index (χ1) is 10.1. The molecule has 4 nitrogen and oxygen atoms in total. The summed E-state index contributed by atoms with van der Waals surface area (Å²) in [6, 6.07) is 11.5. The highest BCUT2D eigenvalue weighted by Crippen LogP contribution is 2.18. The fraction of sp³-hybridized carbons (Fsp3) is 0.353. The van der Waals surface area contributed by atoms with Crippen LogP contribution in [0.5, 0.6) is 0 Å². The van der Waals surface area contributed by atoms with Crippen LogP contribution in [0.15, 0.2) is 36.5 Å². The van der Waals surface area contributed by atoms with Gasteiger partial charge in [0, 0.05) is 24.7 Å². The lowest BCUT2D eigenvalue weighted by Crippen LogP contribution is -2.35. The molecular weight excluding hydrogens is 262 g/mol. The summed E-state index contributed by atoms with van der Waals surface area (Å²) in [7, 11) is 0. The van der Waals surface area contributed by atoms with Crippen molar-refractivity contribution in [1.29, 1.82) is 5.26 Å². The first kappa shape index (κ1) is 15.0. The van der Waals surface area contributed by atoms with E-state index in [4.69, 9.17) is 5.26 Å². The van der Waals surface area contributed by atoms with E-state index in [-0.39, 0.29) is 5.91 Å². The van der Waals surface area contributed by atoms with E-state index in [1.54, 1.807) is 17.2 Å². The molecule has 0 saturated heterocycles. The number of aromatic nitrogens is 1. The number of benzene rings is 1. The number of fused-ring (bicyclic) bond motifs is 1. The van der Waals surface area contributed by atoms with Crippen molar-refractivity contribution in [2.24, 2.45) is 5.92 Å². The Hall–Kier alpha value is -2.41. The Morgan fingerprint density at radius 3 is 2.81 bits per heavy atom. The molecule has 1 aromatic heterocycles. The molecule has 1 heterocycles. The van der Waals surface area contributed by atoms with Crippen LogP contribution in [0.1, 0.15) is 30.6 Å². The Balaban J connectivity index is 2.36. The lowest BCUT2D eigenvalue weighted by atomic mass is 10.1. The molecular formula is C17H19N3O. The number of carbonyl (C=O) groups is 1. The van der Waals surface area contributed by atoms with E-state index in [1.807, 2.05) is 24.3 Å². The van der Waals surface area contributed by atoms with Crippen molar-refractivity contribution in [3.63, 3.8) is 0 Å². The molecule has 4 heteroatoms. The molecule has 108 valence electrons. The topological polar surface area (TPSA) is 57.0 Å². The summed E-state index contributed by atoms with van der Waals surface area (Å²) in [6.07, 6.45) is 2.01. The molecule has 2 aromatic rings. The van der Waals surface area contributed by atoms with Crippen LogP contribution in [0, 0.1) is 17.2 Å².